The third kappa shape index (κ3) is 2.73. The van der Waals surface area contributed by atoms with Crippen LogP contribution in [0.3, 0.4) is 0 Å². The molecule has 0 spiro atoms. The van der Waals surface area contributed by atoms with Crippen LogP contribution in [0.4, 0.5) is 0 Å². The average Bonchev–Trinajstić information content (AvgIpc) is 2.94. The Labute approximate surface area is 137 Å². The van der Waals surface area contributed by atoms with Gasteiger partial charge in [0.05, 0.1) is 22.3 Å². The molecule has 0 unspecified atom stereocenters. The minimum Gasteiger partial charge on any atom is -0.339 e. The van der Waals surface area contributed by atoms with Crippen molar-refractivity contribution in [3.05, 3.63) is 34.6 Å². The summed E-state index contributed by atoms with van der Waals surface area (Å²) in [5.41, 5.74) is 1.55. The van der Waals surface area contributed by atoms with E-state index in [-0.39, 0.29) is 17.9 Å². The van der Waals surface area contributed by atoms with Crippen molar-refractivity contribution in [3.63, 3.8) is 0 Å². The Morgan fingerprint density at radius 3 is 2.86 bits per heavy atom. The van der Waals surface area contributed by atoms with E-state index in [1.807, 2.05) is 18.0 Å². The highest BCUT2D eigenvalue weighted by Gasteiger charge is 2.27. The zero-order chi connectivity index (χ0) is 15.7. The molecule has 22 heavy (non-hydrogen) atoms. The van der Waals surface area contributed by atoms with E-state index in [1.54, 1.807) is 23.0 Å². The van der Waals surface area contributed by atoms with Crippen molar-refractivity contribution in [3.8, 4) is 6.07 Å². The number of pyridine rings is 1. The average molecular weight is 361 g/mol. The van der Waals surface area contributed by atoms with Gasteiger partial charge in [-0.2, -0.15) is 10.4 Å². The van der Waals surface area contributed by atoms with Crippen molar-refractivity contribution in [2.24, 2.45) is 5.92 Å². The molecule has 1 aliphatic carbocycles. The third-order valence-electron chi connectivity index (χ3n) is 4.47. The van der Waals surface area contributed by atoms with Crippen LogP contribution in [0.15, 0.2) is 29.0 Å². The summed E-state index contributed by atoms with van der Waals surface area (Å²) < 4.78 is 2.61. The lowest BCUT2D eigenvalue weighted by atomic mass is 9.86. The largest absolute Gasteiger partial charge is 0.339 e. The first-order valence-electron chi connectivity index (χ1n) is 7.40. The maximum absolute atomic E-state index is 12.7. The molecule has 114 valence electrons. The maximum atomic E-state index is 12.7. The van der Waals surface area contributed by atoms with Gasteiger partial charge in [0.25, 0.3) is 5.91 Å². The molecule has 0 radical (unpaired) electrons. The van der Waals surface area contributed by atoms with Gasteiger partial charge in [0.2, 0.25) is 0 Å². The lowest BCUT2D eigenvalue weighted by molar-refractivity contribution is 0.0686. The van der Waals surface area contributed by atoms with Gasteiger partial charge in [-0.05, 0) is 53.7 Å². The highest BCUT2D eigenvalue weighted by molar-refractivity contribution is 9.10. The molecule has 1 amide bonds. The molecule has 0 atom stereocenters. The van der Waals surface area contributed by atoms with Gasteiger partial charge in [-0.3, -0.25) is 4.79 Å². The van der Waals surface area contributed by atoms with E-state index in [9.17, 15) is 4.79 Å². The standard InChI is InChI=1S/C16H17BrN4O/c1-20(13-4-2-11(9-18)3-5-13)16(22)12-6-7-21-15(8-12)14(17)10-19-21/h6-8,10-11,13H,2-5H2,1H3. The maximum Gasteiger partial charge on any atom is 0.253 e. The highest BCUT2D eigenvalue weighted by Crippen LogP contribution is 2.27. The van der Waals surface area contributed by atoms with E-state index in [2.05, 4.69) is 27.1 Å². The third-order valence-corrected chi connectivity index (χ3v) is 5.08. The van der Waals surface area contributed by atoms with Crippen molar-refractivity contribution in [2.75, 3.05) is 7.05 Å². The highest BCUT2D eigenvalue weighted by atomic mass is 79.9. The Kier molecular flexibility index (Phi) is 4.16. The van der Waals surface area contributed by atoms with E-state index in [1.165, 1.54) is 0 Å². The van der Waals surface area contributed by atoms with E-state index in [0.717, 1.165) is 35.7 Å². The fourth-order valence-corrected chi connectivity index (χ4v) is 3.43. The van der Waals surface area contributed by atoms with Crippen LogP contribution in [0.5, 0.6) is 0 Å². The fourth-order valence-electron chi connectivity index (χ4n) is 3.05. The van der Waals surface area contributed by atoms with Crippen LogP contribution in [0.25, 0.3) is 5.52 Å². The predicted molar refractivity (Wildman–Crippen MR) is 86.3 cm³/mol. The summed E-state index contributed by atoms with van der Waals surface area (Å²) in [4.78, 5) is 14.5. The molecule has 2 heterocycles. The Bertz CT molecular complexity index is 740. The molecule has 1 fully saturated rings. The number of nitriles is 1. The zero-order valence-corrected chi connectivity index (χ0v) is 14.0. The molecular weight excluding hydrogens is 344 g/mol. The molecule has 1 aliphatic rings. The van der Waals surface area contributed by atoms with E-state index < -0.39 is 0 Å². The number of hydrogen-bond donors (Lipinski definition) is 0. The SMILES string of the molecule is CN(C(=O)c1ccn2ncc(Br)c2c1)C1CCC(C#N)CC1. The van der Waals surface area contributed by atoms with Crippen molar-refractivity contribution >= 4 is 27.4 Å². The van der Waals surface area contributed by atoms with Crippen molar-refractivity contribution in [1.82, 2.24) is 14.5 Å². The number of fused-ring (bicyclic) bond motifs is 1. The summed E-state index contributed by atoms with van der Waals surface area (Å²) in [5, 5.41) is 13.2. The van der Waals surface area contributed by atoms with Gasteiger partial charge in [-0.15, -0.1) is 0 Å². The van der Waals surface area contributed by atoms with Crippen LogP contribution in [0.2, 0.25) is 0 Å². The minimum atomic E-state index is 0.0241. The first-order valence-corrected chi connectivity index (χ1v) is 8.19. The summed E-state index contributed by atoms with van der Waals surface area (Å²) in [7, 11) is 1.86. The summed E-state index contributed by atoms with van der Waals surface area (Å²) >= 11 is 3.44. The summed E-state index contributed by atoms with van der Waals surface area (Å²) in [6, 6.07) is 6.21. The van der Waals surface area contributed by atoms with E-state index >= 15 is 0 Å². The molecule has 0 aromatic carbocycles. The molecule has 0 aliphatic heterocycles. The van der Waals surface area contributed by atoms with Gasteiger partial charge < -0.3 is 4.90 Å². The van der Waals surface area contributed by atoms with Gasteiger partial charge in [-0.1, -0.05) is 0 Å². The van der Waals surface area contributed by atoms with Gasteiger partial charge in [0.15, 0.2) is 0 Å². The molecule has 0 saturated heterocycles. The second-order valence-electron chi connectivity index (χ2n) is 5.79. The van der Waals surface area contributed by atoms with E-state index in [4.69, 9.17) is 5.26 Å². The fraction of sp³-hybridized carbons (Fsp3) is 0.438. The molecule has 5 nitrogen and oxygen atoms in total. The van der Waals surface area contributed by atoms with Gasteiger partial charge in [0.1, 0.15) is 0 Å². The van der Waals surface area contributed by atoms with E-state index in [0.29, 0.717) is 5.56 Å². The Morgan fingerprint density at radius 1 is 1.45 bits per heavy atom. The molecule has 3 rings (SSSR count). The second kappa shape index (κ2) is 6.09. The molecule has 0 N–H and O–H groups in total. The monoisotopic (exact) mass is 360 g/mol. The van der Waals surface area contributed by atoms with Crippen molar-refractivity contribution < 1.29 is 4.79 Å². The number of hydrogen-bond acceptors (Lipinski definition) is 3. The molecule has 2 aromatic heterocycles. The Balaban J connectivity index is 1.77. The van der Waals surface area contributed by atoms with Crippen LogP contribution in [-0.4, -0.2) is 33.5 Å². The smallest absolute Gasteiger partial charge is 0.253 e. The molecule has 2 aromatic rings. The van der Waals surface area contributed by atoms with Crippen molar-refractivity contribution in [2.45, 2.75) is 31.7 Å². The normalized spacial score (nSPS) is 21.5. The topological polar surface area (TPSA) is 61.4 Å². The number of halogens is 1. The lowest BCUT2D eigenvalue weighted by Gasteiger charge is -2.32. The van der Waals surface area contributed by atoms with Crippen LogP contribution in [0.1, 0.15) is 36.0 Å². The van der Waals surface area contributed by atoms with Crippen LogP contribution >= 0.6 is 15.9 Å². The summed E-state index contributed by atoms with van der Waals surface area (Å²) in [6.07, 6.45) is 7.08. The summed E-state index contributed by atoms with van der Waals surface area (Å²) in [5.74, 6) is 0.176. The van der Waals surface area contributed by atoms with Gasteiger partial charge in [-0.25, -0.2) is 4.52 Å². The predicted octanol–water partition coefficient (Wildman–Crippen LogP) is 3.25. The first kappa shape index (κ1) is 15.0. The number of amides is 1. The number of rotatable bonds is 2. The minimum absolute atomic E-state index is 0.0241. The Morgan fingerprint density at radius 2 is 2.18 bits per heavy atom. The summed E-state index contributed by atoms with van der Waals surface area (Å²) in [6.45, 7) is 0. The number of carbonyl (C=O) groups excluding carboxylic acids is 1. The van der Waals surface area contributed by atoms with Gasteiger partial charge in [0, 0.05) is 30.8 Å². The zero-order valence-electron chi connectivity index (χ0n) is 12.4. The van der Waals surface area contributed by atoms with Crippen LogP contribution in [0, 0.1) is 17.2 Å². The van der Waals surface area contributed by atoms with Crippen molar-refractivity contribution in [1.29, 1.82) is 5.26 Å². The molecular formula is C16H17BrN4O. The quantitative estimate of drug-likeness (QED) is 0.825. The number of nitrogens with zero attached hydrogens (tertiary/aromatic N) is 4. The molecule has 0 bridgehead atoms. The number of carbonyl (C=O) groups is 1. The Hall–Kier alpha value is -1.87. The lowest BCUT2D eigenvalue weighted by Crippen LogP contribution is -2.39. The van der Waals surface area contributed by atoms with Crippen LogP contribution < -0.4 is 0 Å². The van der Waals surface area contributed by atoms with Crippen LogP contribution in [-0.2, 0) is 0 Å². The second-order valence-corrected chi connectivity index (χ2v) is 6.64. The molecule has 1 saturated carbocycles. The first-order chi connectivity index (χ1) is 10.6. The molecule has 6 heteroatoms. The number of aromatic nitrogens is 2. The van der Waals surface area contributed by atoms with Gasteiger partial charge >= 0.3 is 0 Å².